The Bertz CT molecular complexity index is 747. The molecule has 0 bridgehead atoms. The lowest BCUT2D eigenvalue weighted by molar-refractivity contribution is -0.138. The van der Waals surface area contributed by atoms with Crippen molar-refractivity contribution in [1.82, 2.24) is 10.6 Å². The van der Waals surface area contributed by atoms with Crippen LogP contribution >= 0.6 is 45.2 Å². The number of carbonyl (C=O) groups is 3. The SMILES string of the molecule is CC(C)CCNC(=O)[C@H](Cc1cc(I)c(O)c(I)c1)NC(=O)[C@H]1O[C@@H]1C(=O)O. The summed E-state index contributed by atoms with van der Waals surface area (Å²) in [6.07, 6.45) is -1.24. The normalized spacial score (nSPS) is 19.2. The van der Waals surface area contributed by atoms with Gasteiger partial charge >= 0.3 is 5.97 Å². The molecule has 2 rings (SSSR count). The predicted molar refractivity (Wildman–Crippen MR) is 118 cm³/mol. The number of halogens is 2. The highest BCUT2D eigenvalue weighted by Crippen LogP contribution is 2.28. The van der Waals surface area contributed by atoms with Gasteiger partial charge in [-0.2, -0.15) is 0 Å². The molecule has 154 valence electrons. The summed E-state index contributed by atoms with van der Waals surface area (Å²) in [7, 11) is 0. The molecule has 0 aliphatic carbocycles. The fourth-order valence-electron chi connectivity index (χ4n) is 2.54. The van der Waals surface area contributed by atoms with Gasteiger partial charge in [0.25, 0.3) is 5.91 Å². The Morgan fingerprint density at radius 3 is 2.29 bits per heavy atom. The first-order chi connectivity index (χ1) is 13.1. The van der Waals surface area contributed by atoms with Gasteiger partial charge in [-0.05, 0) is 75.2 Å². The molecule has 0 radical (unpaired) electrons. The summed E-state index contributed by atoms with van der Waals surface area (Å²) in [5.41, 5.74) is 0.766. The fraction of sp³-hybridized carbons (Fsp3) is 0.500. The maximum atomic E-state index is 12.6. The molecule has 0 spiro atoms. The van der Waals surface area contributed by atoms with Gasteiger partial charge in [0.05, 0.1) is 7.14 Å². The smallest absolute Gasteiger partial charge is 0.336 e. The molecule has 8 nitrogen and oxygen atoms in total. The lowest BCUT2D eigenvalue weighted by Gasteiger charge is -2.19. The molecule has 1 fully saturated rings. The summed E-state index contributed by atoms with van der Waals surface area (Å²) in [5.74, 6) is -1.59. The van der Waals surface area contributed by atoms with Crippen LogP contribution in [0, 0.1) is 13.1 Å². The number of phenols is 1. The number of phenolic OH excluding ortho intramolecular Hbond substituents is 1. The Morgan fingerprint density at radius 1 is 1.18 bits per heavy atom. The van der Waals surface area contributed by atoms with Gasteiger partial charge in [-0.1, -0.05) is 13.8 Å². The lowest BCUT2D eigenvalue weighted by atomic mass is 10.0. The highest BCUT2D eigenvalue weighted by atomic mass is 127. The zero-order valence-corrected chi connectivity index (χ0v) is 19.7. The molecule has 1 aromatic carbocycles. The number of epoxide rings is 1. The molecule has 0 unspecified atom stereocenters. The van der Waals surface area contributed by atoms with Gasteiger partial charge in [0.2, 0.25) is 5.91 Å². The van der Waals surface area contributed by atoms with E-state index in [-0.39, 0.29) is 18.1 Å². The summed E-state index contributed by atoms with van der Waals surface area (Å²) in [6.45, 7) is 4.57. The van der Waals surface area contributed by atoms with Crippen molar-refractivity contribution >= 4 is 63.0 Å². The number of carbonyl (C=O) groups excluding carboxylic acids is 2. The van der Waals surface area contributed by atoms with E-state index < -0.39 is 30.1 Å². The van der Waals surface area contributed by atoms with Crippen molar-refractivity contribution in [2.24, 2.45) is 5.92 Å². The molecule has 0 saturated carbocycles. The molecule has 2 amide bonds. The van der Waals surface area contributed by atoms with Crippen LogP contribution in [0.25, 0.3) is 0 Å². The zero-order valence-electron chi connectivity index (χ0n) is 15.4. The van der Waals surface area contributed by atoms with Gasteiger partial charge in [-0.3, -0.25) is 9.59 Å². The molecule has 4 N–H and O–H groups in total. The van der Waals surface area contributed by atoms with Crippen LogP contribution in [-0.2, 0) is 25.5 Å². The summed E-state index contributed by atoms with van der Waals surface area (Å²) in [4.78, 5) is 35.8. The van der Waals surface area contributed by atoms with Crippen molar-refractivity contribution in [1.29, 1.82) is 0 Å². The maximum Gasteiger partial charge on any atom is 0.336 e. The summed E-state index contributed by atoms with van der Waals surface area (Å²) >= 11 is 4.00. The second-order valence-corrected chi connectivity index (χ2v) is 9.29. The molecule has 10 heteroatoms. The van der Waals surface area contributed by atoms with Gasteiger partial charge in [0, 0.05) is 13.0 Å². The van der Waals surface area contributed by atoms with E-state index in [1.165, 1.54) is 0 Å². The van der Waals surface area contributed by atoms with Crippen molar-refractivity contribution < 1.29 is 29.3 Å². The third-order valence-electron chi connectivity index (χ3n) is 4.16. The van der Waals surface area contributed by atoms with E-state index in [1.807, 2.05) is 59.0 Å². The average molecular weight is 616 g/mol. The minimum Gasteiger partial charge on any atom is -0.506 e. The Hall–Kier alpha value is -1.15. The van der Waals surface area contributed by atoms with Crippen LogP contribution < -0.4 is 10.6 Å². The lowest BCUT2D eigenvalue weighted by Crippen LogP contribution is -2.50. The third kappa shape index (κ3) is 6.44. The van der Waals surface area contributed by atoms with Gasteiger partial charge in [-0.25, -0.2) is 4.79 Å². The molecule has 1 saturated heterocycles. The molecule has 3 atom stereocenters. The third-order valence-corrected chi connectivity index (χ3v) is 5.81. The molecule has 1 aliphatic heterocycles. The largest absolute Gasteiger partial charge is 0.506 e. The number of nitrogens with one attached hydrogen (secondary N) is 2. The van der Waals surface area contributed by atoms with Crippen LogP contribution in [0.4, 0.5) is 0 Å². The number of ether oxygens (including phenoxy) is 1. The van der Waals surface area contributed by atoms with Crippen molar-refractivity contribution in [3.8, 4) is 5.75 Å². The molecular formula is C18H22I2N2O6. The first-order valence-corrected chi connectivity index (χ1v) is 10.9. The van der Waals surface area contributed by atoms with E-state index in [2.05, 4.69) is 10.6 Å². The summed E-state index contributed by atoms with van der Waals surface area (Å²) < 4.78 is 6.14. The number of benzene rings is 1. The molecule has 1 aliphatic rings. The monoisotopic (exact) mass is 616 g/mol. The first kappa shape index (κ1) is 23.1. The minimum absolute atomic E-state index is 0.169. The number of aliphatic carboxylic acids is 1. The van der Waals surface area contributed by atoms with Crippen molar-refractivity contribution in [3.05, 3.63) is 24.8 Å². The Kier molecular flexibility index (Phi) is 8.30. The van der Waals surface area contributed by atoms with Crippen molar-refractivity contribution in [2.45, 2.75) is 44.9 Å². The second-order valence-electron chi connectivity index (χ2n) is 6.96. The minimum atomic E-state index is -1.21. The first-order valence-electron chi connectivity index (χ1n) is 8.73. The fourth-order valence-corrected chi connectivity index (χ4v) is 4.44. The van der Waals surface area contributed by atoms with E-state index in [9.17, 15) is 19.5 Å². The summed E-state index contributed by atoms with van der Waals surface area (Å²) in [6, 6.07) is 2.60. The second kappa shape index (κ2) is 10.1. The predicted octanol–water partition coefficient (Wildman–Crippen LogP) is 1.64. The number of amides is 2. The standard InChI is InChI=1S/C18H22I2N2O6/c1-8(2)3-4-21-16(24)12(22-17(25)14-15(28-14)18(26)27)7-9-5-10(19)13(23)11(20)6-9/h5-6,8,12,14-15,23H,3-4,7H2,1-2H3,(H,21,24)(H,22,25)(H,26,27)/t12-,14-,15-/m0/s1. The van der Waals surface area contributed by atoms with E-state index in [1.54, 1.807) is 12.1 Å². The molecule has 28 heavy (non-hydrogen) atoms. The van der Waals surface area contributed by atoms with Gasteiger partial charge < -0.3 is 25.6 Å². The van der Waals surface area contributed by atoms with E-state index in [0.717, 1.165) is 12.0 Å². The molecule has 1 aromatic rings. The average Bonchev–Trinajstić information content (AvgIpc) is 3.39. The Labute approximate surface area is 190 Å². The highest BCUT2D eigenvalue weighted by Gasteiger charge is 2.51. The number of aromatic hydroxyl groups is 1. The number of rotatable bonds is 9. The van der Waals surface area contributed by atoms with E-state index in [4.69, 9.17) is 9.84 Å². The van der Waals surface area contributed by atoms with Gasteiger partial charge in [-0.15, -0.1) is 0 Å². The highest BCUT2D eigenvalue weighted by molar-refractivity contribution is 14.1. The Balaban J connectivity index is 2.10. The maximum absolute atomic E-state index is 12.6. The van der Waals surface area contributed by atoms with Crippen molar-refractivity contribution in [2.75, 3.05) is 6.54 Å². The zero-order chi connectivity index (χ0) is 21.0. The molecular weight excluding hydrogens is 594 g/mol. The quantitative estimate of drug-likeness (QED) is 0.247. The van der Waals surface area contributed by atoms with Crippen LogP contribution in [0.2, 0.25) is 0 Å². The van der Waals surface area contributed by atoms with Crippen LogP contribution in [0.1, 0.15) is 25.8 Å². The van der Waals surface area contributed by atoms with Gasteiger partial charge in [0.15, 0.2) is 12.2 Å². The van der Waals surface area contributed by atoms with Crippen LogP contribution in [-0.4, -0.2) is 52.8 Å². The van der Waals surface area contributed by atoms with Crippen LogP contribution in [0.5, 0.6) is 5.75 Å². The van der Waals surface area contributed by atoms with Crippen LogP contribution in [0.3, 0.4) is 0 Å². The van der Waals surface area contributed by atoms with Gasteiger partial charge in [0.1, 0.15) is 11.8 Å². The number of carboxylic acids is 1. The molecule has 0 aromatic heterocycles. The number of hydrogen-bond acceptors (Lipinski definition) is 5. The van der Waals surface area contributed by atoms with Crippen LogP contribution in [0.15, 0.2) is 12.1 Å². The Morgan fingerprint density at radius 2 is 1.79 bits per heavy atom. The topological polar surface area (TPSA) is 128 Å². The molecule has 1 heterocycles. The van der Waals surface area contributed by atoms with E-state index in [0.29, 0.717) is 19.6 Å². The summed E-state index contributed by atoms with van der Waals surface area (Å²) in [5, 5.41) is 24.2. The van der Waals surface area contributed by atoms with Crippen molar-refractivity contribution in [3.63, 3.8) is 0 Å². The number of carboxylic acid groups (broad SMARTS) is 1. The number of hydrogen-bond donors (Lipinski definition) is 4. The van der Waals surface area contributed by atoms with E-state index >= 15 is 0 Å².